The summed E-state index contributed by atoms with van der Waals surface area (Å²) < 4.78 is 1.89. The second kappa shape index (κ2) is 10.0. The molecule has 0 unspecified atom stereocenters. The highest BCUT2D eigenvalue weighted by Gasteiger charge is 2.50. The largest absolute Gasteiger partial charge is 0.326 e. The van der Waals surface area contributed by atoms with E-state index in [1.165, 1.54) is 11.3 Å². The van der Waals surface area contributed by atoms with Crippen LogP contribution in [0.4, 0.5) is 4.79 Å². The number of para-hydroxylation sites is 1. The van der Waals surface area contributed by atoms with Crippen LogP contribution in [-0.4, -0.2) is 50.8 Å². The first-order chi connectivity index (χ1) is 17.1. The molecule has 1 saturated heterocycles. The summed E-state index contributed by atoms with van der Waals surface area (Å²) >= 11 is 0. The second-order valence-corrected chi connectivity index (χ2v) is 9.82. The van der Waals surface area contributed by atoms with Crippen LogP contribution < -0.4 is 5.32 Å². The number of rotatable bonds is 6. The van der Waals surface area contributed by atoms with Crippen molar-refractivity contribution in [1.29, 1.82) is 0 Å². The van der Waals surface area contributed by atoms with Crippen molar-refractivity contribution in [1.82, 2.24) is 24.9 Å². The van der Waals surface area contributed by atoms with Crippen molar-refractivity contribution < 1.29 is 9.59 Å². The predicted molar refractivity (Wildman–Crippen MR) is 136 cm³/mol. The third-order valence-corrected chi connectivity index (χ3v) is 7.13. The molecule has 3 amide bonds. The van der Waals surface area contributed by atoms with E-state index in [2.05, 4.69) is 17.4 Å². The van der Waals surface area contributed by atoms with Crippen molar-refractivity contribution in [2.45, 2.75) is 57.0 Å². The molecule has 2 fully saturated rings. The monoisotopic (exact) mass is 471 g/mol. The van der Waals surface area contributed by atoms with Crippen LogP contribution in [0.1, 0.15) is 50.5 Å². The number of urea groups is 1. The molecule has 0 radical (unpaired) electrons. The van der Waals surface area contributed by atoms with E-state index in [4.69, 9.17) is 5.10 Å². The standard InChI is InChI=1S/C28H33N5O2/c1-31(21-32-26(34)28(29-27(32)35)17-11-3-2-4-12-18-28)19-23-20-33(24-15-9-6-10-16-24)30-25(23)22-13-7-5-8-14-22/h5-10,13-16,20H,2-4,11-12,17-19,21H2,1H3,(H,29,35). The molecule has 1 aromatic heterocycles. The summed E-state index contributed by atoms with van der Waals surface area (Å²) in [6, 6.07) is 19.9. The summed E-state index contributed by atoms with van der Waals surface area (Å²) in [6.45, 7) is 0.804. The molecule has 1 aliphatic carbocycles. The number of nitrogens with zero attached hydrogens (tertiary/aromatic N) is 4. The topological polar surface area (TPSA) is 70.5 Å². The number of imide groups is 1. The summed E-state index contributed by atoms with van der Waals surface area (Å²) in [6.07, 6.45) is 8.93. The maximum Gasteiger partial charge on any atom is 0.326 e. The van der Waals surface area contributed by atoms with Crippen LogP contribution in [0.2, 0.25) is 0 Å². The van der Waals surface area contributed by atoms with Gasteiger partial charge in [0.2, 0.25) is 0 Å². The molecular weight excluding hydrogens is 438 g/mol. The Balaban J connectivity index is 1.36. The summed E-state index contributed by atoms with van der Waals surface area (Å²) in [5.41, 5.74) is 3.24. The number of carbonyl (C=O) groups excluding carboxylic acids is 2. The Kier molecular flexibility index (Phi) is 6.68. The van der Waals surface area contributed by atoms with Gasteiger partial charge in [0.05, 0.1) is 18.1 Å². The van der Waals surface area contributed by atoms with E-state index < -0.39 is 5.54 Å². The number of nitrogens with one attached hydrogen (secondary N) is 1. The molecule has 0 atom stereocenters. The lowest BCUT2D eigenvalue weighted by Crippen LogP contribution is -2.48. The molecule has 1 spiro atoms. The van der Waals surface area contributed by atoms with Crippen molar-refractivity contribution in [3.63, 3.8) is 0 Å². The van der Waals surface area contributed by atoms with Crippen molar-refractivity contribution in [3.05, 3.63) is 72.4 Å². The maximum atomic E-state index is 13.4. The Morgan fingerprint density at radius 1 is 0.914 bits per heavy atom. The number of carbonyl (C=O) groups is 2. The summed E-state index contributed by atoms with van der Waals surface area (Å²) in [4.78, 5) is 29.7. The van der Waals surface area contributed by atoms with Gasteiger partial charge in [0, 0.05) is 23.9 Å². The molecule has 3 aromatic rings. The number of hydrogen-bond acceptors (Lipinski definition) is 4. The molecule has 2 aliphatic rings. The fourth-order valence-corrected chi connectivity index (χ4v) is 5.31. The average Bonchev–Trinajstić information content (AvgIpc) is 3.37. The zero-order valence-corrected chi connectivity index (χ0v) is 20.3. The highest BCUT2D eigenvalue weighted by Crippen LogP contribution is 2.32. The third-order valence-electron chi connectivity index (χ3n) is 7.13. The Morgan fingerprint density at radius 2 is 1.54 bits per heavy atom. The Labute approximate surface area is 206 Å². The van der Waals surface area contributed by atoms with Crippen molar-refractivity contribution in [2.75, 3.05) is 13.7 Å². The molecule has 1 saturated carbocycles. The lowest BCUT2D eigenvalue weighted by Gasteiger charge is -2.29. The minimum atomic E-state index is -0.717. The minimum Gasteiger partial charge on any atom is -0.323 e. The van der Waals surface area contributed by atoms with E-state index in [0.29, 0.717) is 6.54 Å². The van der Waals surface area contributed by atoms with Gasteiger partial charge < -0.3 is 5.32 Å². The third kappa shape index (κ3) is 4.86. The van der Waals surface area contributed by atoms with Gasteiger partial charge in [-0.15, -0.1) is 0 Å². The first-order valence-electron chi connectivity index (χ1n) is 12.6. The zero-order chi connectivity index (χ0) is 24.3. The normalized spacial score (nSPS) is 18.1. The molecule has 182 valence electrons. The first kappa shape index (κ1) is 23.3. The number of amides is 3. The van der Waals surface area contributed by atoms with Gasteiger partial charge in [0.15, 0.2) is 0 Å². The number of aromatic nitrogens is 2. The minimum absolute atomic E-state index is 0.0699. The van der Waals surface area contributed by atoms with Crippen LogP contribution in [0.3, 0.4) is 0 Å². The van der Waals surface area contributed by atoms with Crippen molar-refractivity contribution in [2.24, 2.45) is 0 Å². The quantitative estimate of drug-likeness (QED) is 0.516. The molecule has 5 rings (SSSR count). The van der Waals surface area contributed by atoms with Crippen LogP contribution in [0.25, 0.3) is 16.9 Å². The molecule has 2 heterocycles. The van der Waals surface area contributed by atoms with E-state index in [-0.39, 0.29) is 18.6 Å². The molecular formula is C28H33N5O2. The SMILES string of the molecule is CN(Cc1cn(-c2ccccc2)nc1-c1ccccc1)CN1C(=O)NC2(CCCCCCC2)C1=O. The lowest BCUT2D eigenvalue weighted by molar-refractivity contribution is -0.133. The van der Waals surface area contributed by atoms with Crippen LogP contribution in [0.15, 0.2) is 66.9 Å². The summed E-state index contributed by atoms with van der Waals surface area (Å²) in [5, 5.41) is 7.95. The number of hydrogen-bond donors (Lipinski definition) is 1. The van der Waals surface area contributed by atoms with Gasteiger partial charge >= 0.3 is 6.03 Å². The summed E-state index contributed by atoms with van der Waals surface area (Å²) in [7, 11) is 1.94. The molecule has 7 nitrogen and oxygen atoms in total. The maximum absolute atomic E-state index is 13.4. The van der Waals surface area contributed by atoms with Crippen LogP contribution in [0.5, 0.6) is 0 Å². The smallest absolute Gasteiger partial charge is 0.323 e. The van der Waals surface area contributed by atoms with E-state index >= 15 is 0 Å². The van der Waals surface area contributed by atoms with E-state index in [9.17, 15) is 9.59 Å². The van der Waals surface area contributed by atoms with Crippen molar-refractivity contribution >= 4 is 11.9 Å². The zero-order valence-electron chi connectivity index (χ0n) is 20.3. The van der Waals surface area contributed by atoms with Crippen LogP contribution in [0, 0.1) is 0 Å². The second-order valence-electron chi connectivity index (χ2n) is 9.82. The van der Waals surface area contributed by atoms with Gasteiger partial charge in [-0.1, -0.05) is 80.6 Å². The van der Waals surface area contributed by atoms with Gasteiger partial charge in [0.1, 0.15) is 5.54 Å². The van der Waals surface area contributed by atoms with E-state index in [0.717, 1.165) is 61.0 Å². The molecule has 1 aliphatic heterocycles. The van der Waals surface area contributed by atoms with Gasteiger partial charge in [-0.3, -0.25) is 9.69 Å². The van der Waals surface area contributed by atoms with Crippen LogP contribution >= 0.6 is 0 Å². The van der Waals surface area contributed by atoms with Gasteiger partial charge in [-0.25, -0.2) is 14.4 Å². The molecule has 35 heavy (non-hydrogen) atoms. The fraction of sp³-hybridized carbons (Fsp3) is 0.393. The molecule has 2 aromatic carbocycles. The Morgan fingerprint density at radius 3 is 2.23 bits per heavy atom. The Hall–Kier alpha value is -3.45. The molecule has 7 heteroatoms. The molecule has 0 bridgehead atoms. The highest BCUT2D eigenvalue weighted by atomic mass is 16.2. The van der Waals surface area contributed by atoms with Gasteiger partial charge in [-0.2, -0.15) is 5.10 Å². The van der Waals surface area contributed by atoms with Gasteiger partial charge in [-0.05, 0) is 32.0 Å². The average molecular weight is 472 g/mol. The van der Waals surface area contributed by atoms with E-state index in [1.807, 2.05) is 71.4 Å². The predicted octanol–water partition coefficient (Wildman–Crippen LogP) is 4.96. The Bertz CT molecular complexity index is 1170. The lowest BCUT2D eigenvalue weighted by atomic mass is 9.84. The van der Waals surface area contributed by atoms with E-state index in [1.54, 1.807) is 0 Å². The van der Waals surface area contributed by atoms with Crippen molar-refractivity contribution in [3.8, 4) is 16.9 Å². The van der Waals surface area contributed by atoms with Crippen LogP contribution in [-0.2, 0) is 11.3 Å². The molecule has 1 N–H and O–H groups in total. The van der Waals surface area contributed by atoms with Gasteiger partial charge in [0.25, 0.3) is 5.91 Å². The number of benzene rings is 2. The fourth-order valence-electron chi connectivity index (χ4n) is 5.31. The first-order valence-corrected chi connectivity index (χ1v) is 12.6. The highest BCUT2D eigenvalue weighted by molar-refractivity contribution is 6.07. The summed E-state index contributed by atoms with van der Waals surface area (Å²) in [5.74, 6) is -0.0699.